The number of amides is 2. The van der Waals surface area contributed by atoms with Gasteiger partial charge in [-0.3, -0.25) is 5.10 Å². The van der Waals surface area contributed by atoms with Gasteiger partial charge in [0, 0.05) is 30.4 Å². The molecule has 4 rings (SSSR count). The number of fused-ring (bicyclic) bond motifs is 1. The standard InChI is InChI=1S/C17H18N6O2S/c24-17(19-10-15-21-16(23-22-15)14-2-1-7-26-14)20-12-4-3-11-9-18-5-6-25-13(11)8-12/h1-4,7-8,18H,5-6,9-10H2,(H2,19,20,24)(H,21,22,23). The van der Waals surface area contributed by atoms with E-state index in [9.17, 15) is 4.79 Å². The first kappa shape index (κ1) is 16.6. The summed E-state index contributed by atoms with van der Waals surface area (Å²) in [6.45, 7) is 2.44. The van der Waals surface area contributed by atoms with Crippen LogP contribution in [0, 0.1) is 0 Å². The zero-order valence-electron chi connectivity index (χ0n) is 13.9. The van der Waals surface area contributed by atoms with Gasteiger partial charge in [-0.05, 0) is 17.5 Å². The average molecular weight is 370 g/mol. The van der Waals surface area contributed by atoms with Crippen LogP contribution in [-0.4, -0.2) is 34.4 Å². The minimum absolute atomic E-state index is 0.259. The smallest absolute Gasteiger partial charge is 0.319 e. The molecule has 0 fully saturated rings. The summed E-state index contributed by atoms with van der Waals surface area (Å²) < 4.78 is 5.68. The molecule has 1 aliphatic rings. The van der Waals surface area contributed by atoms with Crippen molar-refractivity contribution in [1.82, 2.24) is 25.8 Å². The van der Waals surface area contributed by atoms with Crippen molar-refractivity contribution in [3.63, 3.8) is 0 Å². The molecule has 0 bridgehead atoms. The maximum absolute atomic E-state index is 12.1. The fourth-order valence-electron chi connectivity index (χ4n) is 2.60. The van der Waals surface area contributed by atoms with Crippen LogP contribution in [0.1, 0.15) is 11.4 Å². The van der Waals surface area contributed by atoms with Gasteiger partial charge in [-0.1, -0.05) is 12.1 Å². The number of carbonyl (C=O) groups excluding carboxylic acids is 1. The Morgan fingerprint density at radius 2 is 2.31 bits per heavy atom. The van der Waals surface area contributed by atoms with Crippen molar-refractivity contribution < 1.29 is 9.53 Å². The molecular formula is C17H18N6O2S. The Bertz CT molecular complexity index is 893. The Kier molecular flexibility index (Phi) is 4.80. The lowest BCUT2D eigenvalue weighted by Gasteiger charge is -2.10. The Hall–Kier alpha value is -2.91. The van der Waals surface area contributed by atoms with E-state index in [0.717, 1.165) is 29.3 Å². The van der Waals surface area contributed by atoms with Crippen molar-refractivity contribution in [2.24, 2.45) is 0 Å². The number of hydrogen-bond acceptors (Lipinski definition) is 6. The normalized spacial score (nSPS) is 13.4. The number of aromatic nitrogens is 3. The van der Waals surface area contributed by atoms with Gasteiger partial charge in [0.2, 0.25) is 0 Å². The average Bonchev–Trinajstić information content (AvgIpc) is 3.28. The van der Waals surface area contributed by atoms with Crippen LogP contribution < -0.4 is 20.7 Å². The molecule has 9 heteroatoms. The summed E-state index contributed by atoms with van der Waals surface area (Å²) in [6, 6.07) is 9.23. The Balaban J connectivity index is 1.34. The van der Waals surface area contributed by atoms with Gasteiger partial charge < -0.3 is 20.7 Å². The summed E-state index contributed by atoms with van der Waals surface area (Å²) in [7, 11) is 0. The molecule has 26 heavy (non-hydrogen) atoms. The molecule has 0 saturated carbocycles. The second kappa shape index (κ2) is 7.54. The summed E-state index contributed by atoms with van der Waals surface area (Å²) in [5.41, 5.74) is 1.76. The predicted molar refractivity (Wildman–Crippen MR) is 99.2 cm³/mol. The molecule has 0 spiro atoms. The maximum Gasteiger partial charge on any atom is 0.319 e. The predicted octanol–water partition coefficient (Wildman–Crippen LogP) is 2.34. The van der Waals surface area contributed by atoms with E-state index in [-0.39, 0.29) is 12.6 Å². The monoisotopic (exact) mass is 370 g/mol. The number of rotatable bonds is 4. The van der Waals surface area contributed by atoms with Crippen LogP contribution in [0.3, 0.4) is 0 Å². The lowest BCUT2D eigenvalue weighted by atomic mass is 10.2. The fourth-order valence-corrected chi connectivity index (χ4v) is 3.26. The minimum atomic E-state index is -0.314. The van der Waals surface area contributed by atoms with Crippen LogP contribution in [0.4, 0.5) is 10.5 Å². The number of thiophene rings is 1. The quantitative estimate of drug-likeness (QED) is 0.564. The Morgan fingerprint density at radius 1 is 1.35 bits per heavy atom. The van der Waals surface area contributed by atoms with Crippen LogP contribution in [0.25, 0.3) is 10.7 Å². The highest BCUT2D eigenvalue weighted by molar-refractivity contribution is 7.13. The van der Waals surface area contributed by atoms with Gasteiger partial charge in [-0.2, -0.15) is 5.10 Å². The third-order valence-corrected chi connectivity index (χ3v) is 4.73. The van der Waals surface area contributed by atoms with E-state index in [4.69, 9.17) is 4.74 Å². The van der Waals surface area contributed by atoms with Gasteiger partial charge in [-0.15, -0.1) is 11.3 Å². The van der Waals surface area contributed by atoms with E-state index in [1.54, 1.807) is 11.3 Å². The van der Waals surface area contributed by atoms with Crippen molar-refractivity contribution >= 4 is 23.1 Å². The molecule has 0 radical (unpaired) electrons. The number of hydrogen-bond donors (Lipinski definition) is 4. The van der Waals surface area contributed by atoms with Crippen LogP contribution >= 0.6 is 11.3 Å². The molecule has 1 aliphatic heterocycles. The van der Waals surface area contributed by atoms with Crippen molar-refractivity contribution in [1.29, 1.82) is 0 Å². The SMILES string of the molecule is O=C(NCc1nc(-c2cccs2)n[nH]1)Nc1ccc2c(c1)OCCNC2. The molecule has 2 amide bonds. The minimum Gasteiger partial charge on any atom is -0.492 e. The summed E-state index contributed by atoms with van der Waals surface area (Å²) in [6.07, 6.45) is 0. The highest BCUT2D eigenvalue weighted by Crippen LogP contribution is 2.24. The van der Waals surface area contributed by atoms with Crippen molar-refractivity contribution in [2.45, 2.75) is 13.1 Å². The Labute approximate surface area is 154 Å². The lowest BCUT2D eigenvalue weighted by molar-refractivity contribution is 0.251. The highest BCUT2D eigenvalue weighted by atomic mass is 32.1. The Morgan fingerprint density at radius 3 is 3.19 bits per heavy atom. The number of nitrogens with one attached hydrogen (secondary N) is 4. The van der Waals surface area contributed by atoms with Crippen molar-refractivity contribution in [3.05, 3.63) is 47.1 Å². The highest BCUT2D eigenvalue weighted by Gasteiger charge is 2.11. The molecular weight excluding hydrogens is 352 g/mol. The van der Waals surface area contributed by atoms with Gasteiger partial charge in [0.15, 0.2) is 5.82 Å². The first-order valence-corrected chi connectivity index (χ1v) is 9.12. The van der Waals surface area contributed by atoms with Crippen LogP contribution in [0.15, 0.2) is 35.7 Å². The molecule has 0 aliphatic carbocycles. The second-order valence-corrected chi connectivity index (χ2v) is 6.69. The number of nitrogens with zero attached hydrogens (tertiary/aromatic N) is 2. The largest absolute Gasteiger partial charge is 0.492 e. The first-order valence-electron chi connectivity index (χ1n) is 8.24. The van der Waals surface area contributed by atoms with Gasteiger partial charge in [-0.25, -0.2) is 9.78 Å². The molecule has 2 aromatic heterocycles. The zero-order valence-corrected chi connectivity index (χ0v) is 14.7. The topological polar surface area (TPSA) is 104 Å². The second-order valence-electron chi connectivity index (χ2n) is 5.74. The van der Waals surface area contributed by atoms with E-state index in [1.165, 1.54) is 0 Å². The zero-order chi connectivity index (χ0) is 17.8. The molecule has 1 aromatic carbocycles. The summed E-state index contributed by atoms with van der Waals surface area (Å²) in [5, 5.41) is 17.8. The molecule has 3 aromatic rings. The number of carbonyl (C=O) groups is 1. The fraction of sp³-hybridized carbons (Fsp3) is 0.235. The van der Waals surface area contributed by atoms with Crippen LogP contribution in [0.5, 0.6) is 5.75 Å². The number of ether oxygens (including phenoxy) is 1. The third-order valence-electron chi connectivity index (χ3n) is 3.87. The molecule has 0 atom stereocenters. The van der Waals surface area contributed by atoms with E-state index < -0.39 is 0 Å². The van der Waals surface area contributed by atoms with E-state index in [0.29, 0.717) is 23.9 Å². The molecule has 0 saturated heterocycles. The number of aromatic amines is 1. The van der Waals surface area contributed by atoms with Gasteiger partial charge in [0.05, 0.1) is 11.4 Å². The summed E-state index contributed by atoms with van der Waals surface area (Å²) in [5.74, 6) is 2.03. The van der Waals surface area contributed by atoms with Crippen molar-refractivity contribution in [3.8, 4) is 16.5 Å². The molecule has 0 unspecified atom stereocenters. The van der Waals surface area contributed by atoms with E-state index >= 15 is 0 Å². The maximum atomic E-state index is 12.1. The third kappa shape index (κ3) is 3.84. The summed E-state index contributed by atoms with van der Waals surface area (Å²) in [4.78, 5) is 17.5. The van der Waals surface area contributed by atoms with Gasteiger partial charge in [0.1, 0.15) is 18.2 Å². The van der Waals surface area contributed by atoms with Crippen molar-refractivity contribution in [2.75, 3.05) is 18.5 Å². The number of H-pyrrole nitrogens is 1. The van der Waals surface area contributed by atoms with Crippen LogP contribution in [0.2, 0.25) is 0 Å². The molecule has 134 valence electrons. The number of urea groups is 1. The molecule has 4 N–H and O–H groups in total. The summed E-state index contributed by atoms with van der Waals surface area (Å²) >= 11 is 1.57. The number of benzene rings is 1. The van der Waals surface area contributed by atoms with Gasteiger partial charge in [0.25, 0.3) is 0 Å². The molecule has 3 heterocycles. The number of anilines is 1. The van der Waals surface area contributed by atoms with E-state index in [2.05, 4.69) is 31.1 Å². The lowest BCUT2D eigenvalue weighted by Crippen LogP contribution is -2.28. The first-order chi connectivity index (χ1) is 12.8. The van der Waals surface area contributed by atoms with Gasteiger partial charge >= 0.3 is 6.03 Å². The van der Waals surface area contributed by atoms with Crippen LogP contribution in [-0.2, 0) is 13.1 Å². The van der Waals surface area contributed by atoms with E-state index in [1.807, 2.05) is 35.7 Å². The molecule has 8 nitrogen and oxygen atoms in total.